The summed E-state index contributed by atoms with van der Waals surface area (Å²) >= 11 is 7.91. The van der Waals surface area contributed by atoms with Gasteiger partial charge < -0.3 is 9.72 Å². The summed E-state index contributed by atoms with van der Waals surface area (Å²) in [6, 6.07) is 3.90. The van der Waals surface area contributed by atoms with Crippen molar-refractivity contribution >= 4 is 45.2 Å². The number of hydrogen-bond acceptors (Lipinski definition) is 2. The van der Waals surface area contributed by atoms with Crippen LogP contribution in [0.1, 0.15) is 5.82 Å². The minimum absolute atomic E-state index is 0.396. The molecule has 0 spiro atoms. The monoisotopic (exact) mass is 322 g/mol. The van der Waals surface area contributed by atoms with E-state index in [1.807, 2.05) is 12.1 Å². The Hall–Kier alpha value is -0.490. The summed E-state index contributed by atoms with van der Waals surface area (Å²) in [6.07, 6.45) is 0. The van der Waals surface area contributed by atoms with Crippen molar-refractivity contribution in [2.24, 2.45) is 0 Å². The van der Waals surface area contributed by atoms with E-state index in [4.69, 9.17) is 16.3 Å². The van der Waals surface area contributed by atoms with Crippen LogP contribution >= 0.6 is 34.2 Å². The molecule has 2 aromatic rings. The lowest BCUT2D eigenvalue weighted by molar-refractivity contribution is 0.412. The van der Waals surface area contributed by atoms with Crippen molar-refractivity contribution in [2.45, 2.75) is 5.88 Å². The van der Waals surface area contributed by atoms with Crippen LogP contribution in [0.5, 0.6) is 5.75 Å². The minimum Gasteiger partial charge on any atom is -0.496 e. The third-order valence-electron chi connectivity index (χ3n) is 1.93. The fraction of sp³-hybridized carbons (Fsp3) is 0.222. The van der Waals surface area contributed by atoms with E-state index < -0.39 is 0 Å². The van der Waals surface area contributed by atoms with Gasteiger partial charge in [0.05, 0.1) is 27.6 Å². The van der Waals surface area contributed by atoms with Gasteiger partial charge in [0.1, 0.15) is 11.6 Å². The Morgan fingerprint density at radius 3 is 3.00 bits per heavy atom. The molecule has 1 N–H and O–H groups in total. The summed E-state index contributed by atoms with van der Waals surface area (Å²) < 4.78 is 6.26. The van der Waals surface area contributed by atoms with Crippen molar-refractivity contribution < 1.29 is 4.74 Å². The Morgan fingerprint density at radius 1 is 1.57 bits per heavy atom. The van der Waals surface area contributed by atoms with Crippen molar-refractivity contribution in [1.29, 1.82) is 0 Å². The Kier molecular flexibility index (Phi) is 2.83. The second kappa shape index (κ2) is 3.94. The summed E-state index contributed by atoms with van der Waals surface area (Å²) in [4.78, 5) is 7.44. The van der Waals surface area contributed by atoms with Gasteiger partial charge in [0.15, 0.2) is 0 Å². The highest BCUT2D eigenvalue weighted by molar-refractivity contribution is 14.1. The fourth-order valence-corrected chi connectivity index (χ4v) is 2.10. The van der Waals surface area contributed by atoms with Gasteiger partial charge in [-0.2, -0.15) is 0 Å². The molecule has 0 amide bonds. The molecule has 0 aliphatic heterocycles. The zero-order chi connectivity index (χ0) is 10.1. The normalized spacial score (nSPS) is 10.8. The molecule has 0 aliphatic carbocycles. The first-order valence-electron chi connectivity index (χ1n) is 4.02. The quantitative estimate of drug-likeness (QED) is 0.682. The van der Waals surface area contributed by atoms with Gasteiger partial charge >= 0.3 is 0 Å². The molecule has 0 radical (unpaired) electrons. The number of nitrogens with one attached hydrogen (secondary N) is 1. The van der Waals surface area contributed by atoms with Crippen LogP contribution in [-0.4, -0.2) is 17.1 Å². The number of H-pyrrole nitrogens is 1. The van der Waals surface area contributed by atoms with Gasteiger partial charge in [-0.15, -0.1) is 11.6 Å². The fourth-order valence-electron chi connectivity index (χ4n) is 1.28. The average molecular weight is 323 g/mol. The lowest BCUT2D eigenvalue weighted by Crippen LogP contribution is -1.86. The maximum Gasteiger partial charge on any atom is 0.134 e. The van der Waals surface area contributed by atoms with Crippen LogP contribution < -0.4 is 4.74 Å². The van der Waals surface area contributed by atoms with Gasteiger partial charge in [0, 0.05) is 6.07 Å². The van der Waals surface area contributed by atoms with Crippen molar-refractivity contribution in [1.82, 2.24) is 9.97 Å². The number of ether oxygens (including phenoxy) is 1. The number of rotatable bonds is 2. The van der Waals surface area contributed by atoms with Gasteiger partial charge in [0.25, 0.3) is 0 Å². The van der Waals surface area contributed by atoms with Crippen molar-refractivity contribution in [3.8, 4) is 5.75 Å². The zero-order valence-electron chi connectivity index (χ0n) is 7.47. The maximum atomic E-state index is 5.68. The highest BCUT2D eigenvalue weighted by Crippen LogP contribution is 2.26. The van der Waals surface area contributed by atoms with E-state index in [1.165, 1.54) is 0 Å². The molecular formula is C9H8ClIN2O. The summed E-state index contributed by atoms with van der Waals surface area (Å²) in [5.41, 5.74) is 1.88. The molecule has 0 aliphatic rings. The van der Waals surface area contributed by atoms with E-state index in [9.17, 15) is 0 Å². The van der Waals surface area contributed by atoms with Crippen LogP contribution in [0.4, 0.5) is 0 Å². The van der Waals surface area contributed by atoms with Crippen molar-refractivity contribution in [3.05, 3.63) is 21.5 Å². The van der Waals surface area contributed by atoms with Crippen LogP contribution in [0.3, 0.4) is 0 Å². The van der Waals surface area contributed by atoms with E-state index in [0.29, 0.717) is 5.88 Å². The summed E-state index contributed by atoms with van der Waals surface area (Å²) in [5, 5.41) is 0. The van der Waals surface area contributed by atoms with Gasteiger partial charge in [-0.25, -0.2) is 4.98 Å². The molecule has 2 rings (SSSR count). The standard InChI is InChI=1S/C9H8ClIN2O/c1-14-8-3-7-6(2-5(8)11)12-9(4-10)13-7/h2-3H,4H2,1H3,(H,12,13). The topological polar surface area (TPSA) is 37.9 Å². The molecule has 0 fully saturated rings. The van der Waals surface area contributed by atoms with E-state index in [2.05, 4.69) is 32.6 Å². The Bertz CT molecular complexity index is 469. The third-order valence-corrected chi connectivity index (χ3v) is 3.03. The van der Waals surface area contributed by atoms with Gasteiger partial charge in [-0.05, 0) is 28.7 Å². The molecular weight excluding hydrogens is 314 g/mol. The molecule has 5 heteroatoms. The number of nitrogens with zero attached hydrogens (tertiary/aromatic N) is 1. The lowest BCUT2D eigenvalue weighted by atomic mass is 10.3. The van der Waals surface area contributed by atoms with Crippen LogP contribution in [-0.2, 0) is 5.88 Å². The molecule has 0 atom stereocenters. The lowest BCUT2D eigenvalue weighted by Gasteiger charge is -2.01. The SMILES string of the molecule is COc1cc2nc(CCl)[nH]c2cc1I. The number of benzene rings is 1. The predicted molar refractivity (Wildman–Crippen MR) is 64.9 cm³/mol. The number of alkyl halides is 1. The van der Waals surface area contributed by atoms with Gasteiger partial charge in [-0.1, -0.05) is 0 Å². The predicted octanol–water partition coefficient (Wildman–Crippen LogP) is 2.91. The first-order chi connectivity index (χ1) is 6.74. The summed E-state index contributed by atoms with van der Waals surface area (Å²) in [7, 11) is 1.65. The Morgan fingerprint density at radius 2 is 2.36 bits per heavy atom. The molecule has 1 heterocycles. The van der Waals surface area contributed by atoms with Crippen molar-refractivity contribution in [3.63, 3.8) is 0 Å². The van der Waals surface area contributed by atoms with Crippen LogP contribution in [0.2, 0.25) is 0 Å². The molecule has 74 valence electrons. The van der Waals surface area contributed by atoms with E-state index >= 15 is 0 Å². The van der Waals surface area contributed by atoms with E-state index in [1.54, 1.807) is 7.11 Å². The van der Waals surface area contributed by atoms with E-state index in [0.717, 1.165) is 26.2 Å². The molecule has 0 bridgehead atoms. The van der Waals surface area contributed by atoms with Crippen molar-refractivity contribution in [2.75, 3.05) is 7.11 Å². The highest BCUT2D eigenvalue weighted by atomic mass is 127. The number of hydrogen-bond donors (Lipinski definition) is 1. The first kappa shape index (κ1) is 10.0. The molecule has 0 saturated carbocycles. The highest BCUT2D eigenvalue weighted by Gasteiger charge is 2.06. The Labute approximate surface area is 100.0 Å². The number of fused-ring (bicyclic) bond motifs is 1. The van der Waals surface area contributed by atoms with Crippen LogP contribution in [0.15, 0.2) is 12.1 Å². The van der Waals surface area contributed by atoms with Crippen LogP contribution in [0.25, 0.3) is 11.0 Å². The molecule has 1 aromatic carbocycles. The summed E-state index contributed by atoms with van der Waals surface area (Å²) in [6.45, 7) is 0. The van der Waals surface area contributed by atoms with Crippen LogP contribution in [0, 0.1) is 3.57 Å². The van der Waals surface area contributed by atoms with E-state index in [-0.39, 0.29) is 0 Å². The Balaban J connectivity index is 2.64. The molecule has 0 unspecified atom stereocenters. The second-order valence-electron chi connectivity index (χ2n) is 2.82. The zero-order valence-corrected chi connectivity index (χ0v) is 10.4. The molecule has 0 saturated heterocycles. The van der Waals surface area contributed by atoms with Gasteiger partial charge in [0.2, 0.25) is 0 Å². The molecule has 3 nitrogen and oxygen atoms in total. The molecule has 14 heavy (non-hydrogen) atoms. The van der Waals surface area contributed by atoms with Gasteiger partial charge in [-0.3, -0.25) is 0 Å². The number of aromatic amines is 1. The number of methoxy groups -OCH3 is 1. The first-order valence-corrected chi connectivity index (χ1v) is 5.64. The third kappa shape index (κ3) is 1.68. The number of imidazole rings is 1. The molecule has 1 aromatic heterocycles. The summed E-state index contributed by atoms with van der Waals surface area (Å²) in [5.74, 6) is 2.02. The largest absolute Gasteiger partial charge is 0.496 e. The average Bonchev–Trinajstić information content (AvgIpc) is 2.58. The maximum absolute atomic E-state index is 5.68. The smallest absolute Gasteiger partial charge is 0.134 e. The minimum atomic E-state index is 0.396. The second-order valence-corrected chi connectivity index (χ2v) is 4.25. The number of halogens is 2. The number of aromatic nitrogens is 2.